The van der Waals surface area contributed by atoms with Gasteiger partial charge >= 0.3 is 0 Å². The summed E-state index contributed by atoms with van der Waals surface area (Å²) in [6, 6.07) is 7.92. The van der Waals surface area contributed by atoms with Crippen molar-refractivity contribution >= 4 is 27.4 Å². The van der Waals surface area contributed by atoms with E-state index in [9.17, 15) is 0 Å². The van der Waals surface area contributed by atoms with Gasteiger partial charge in [-0.25, -0.2) is 9.97 Å². The minimum atomic E-state index is 0.556. The number of aromatic nitrogens is 2. The van der Waals surface area contributed by atoms with Crippen molar-refractivity contribution < 1.29 is 0 Å². The van der Waals surface area contributed by atoms with Crippen LogP contribution in [-0.2, 0) is 6.42 Å². The Hall–Kier alpha value is -1.46. The van der Waals surface area contributed by atoms with E-state index >= 15 is 0 Å². The molecule has 1 aromatic carbocycles. The number of nitrogens with one attached hydrogen (secondary N) is 1. The summed E-state index contributed by atoms with van der Waals surface area (Å²) in [6.07, 6.45) is 2.43. The molecule has 0 fully saturated rings. The zero-order valence-electron chi connectivity index (χ0n) is 10.2. The molecule has 0 unspecified atom stereocenters. The highest BCUT2D eigenvalue weighted by molar-refractivity contribution is 9.10. The van der Waals surface area contributed by atoms with Crippen molar-refractivity contribution in [3.8, 4) is 0 Å². The summed E-state index contributed by atoms with van der Waals surface area (Å²) in [5.41, 5.74) is 7.68. The van der Waals surface area contributed by atoms with Crippen molar-refractivity contribution in [3.05, 3.63) is 46.3 Å². The summed E-state index contributed by atoms with van der Waals surface area (Å²) in [5.74, 6) is 1.55. The summed E-state index contributed by atoms with van der Waals surface area (Å²) in [6.45, 7) is 2.61. The maximum Gasteiger partial charge on any atom is 0.134 e. The van der Waals surface area contributed by atoms with Crippen molar-refractivity contribution in [1.82, 2.24) is 9.97 Å². The first-order valence-corrected chi connectivity index (χ1v) is 6.53. The summed E-state index contributed by atoms with van der Waals surface area (Å²) in [4.78, 5) is 8.56. The molecule has 0 spiro atoms. The Morgan fingerprint density at radius 2 is 2.17 bits per heavy atom. The number of aryl methyl sites for hydroxylation is 1. The molecule has 94 valence electrons. The molecule has 4 nitrogen and oxygen atoms in total. The molecule has 0 saturated carbocycles. The van der Waals surface area contributed by atoms with Gasteiger partial charge in [-0.3, -0.25) is 0 Å². The molecule has 0 aliphatic rings. The largest absolute Gasteiger partial charge is 0.340 e. The van der Waals surface area contributed by atoms with E-state index in [0.29, 0.717) is 13.0 Å². The molecule has 1 heterocycles. The Bertz CT molecular complexity index is 542. The molecule has 2 aromatic rings. The number of rotatable bonds is 4. The Morgan fingerprint density at radius 1 is 1.33 bits per heavy atom. The maximum atomic E-state index is 5.49. The van der Waals surface area contributed by atoms with Crippen LogP contribution in [0.1, 0.15) is 11.4 Å². The highest BCUT2D eigenvalue weighted by atomic mass is 79.9. The minimum absolute atomic E-state index is 0.556. The molecular formula is C13H15BrN4. The fraction of sp³-hybridized carbons (Fsp3) is 0.231. The van der Waals surface area contributed by atoms with E-state index < -0.39 is 0 Å². The monoisotopic (exact) mass is 306 g/mol. The summed E-state index contributed by atoms with van der Waals surface area (Å²) in [7, 11) is 0. The molecule has 18 heavy (non-hydrogen) atoms. The minimum Gasteiger partial charge on any atom is -0.340 e. The quantitative estimate of drug-likeness (QED) is 0.911. The number of hydrogen-bond acceptors (Lipinski definition) is 4. The lowest BCUT2D eigenvalue weighted by Gasteiger charge is -2.08. The van der Waals surface area contributed by atoms with Gasteiger partial charge in [-0.1, -0.05) is 15.9 Å². The molecule has 0 radical (unpaired) electrons. The lowest BCUT2D eigenvalue weighted by molar-refractivity contribution is 0.870. The third-order valence-corrected chi connectivity index (χ3v) is 3.39. The van der Waals surface area contributed by atoms with Gasteiger partial charge in [0.1, 0.15) is 11.6 Å². The van der Waals surface area contributed by atoms with E-state index in [1.807, 2.05) is 18.2 Å². The molecule has 1 aromatic heterocycles. The van der Waals surface area contributed by atoms with Gasteiger partial charge in [0, 0.05) is 22.8 Å². The average molecular weight is 307 g/mol. The molecule has 0 saturated heterocycles. The predicted molar refractivity (Wildman–Crippen MR) is 77.0 cm³/mol. The van der Waals surface area contributed by atoms with Gasteiger partial charge in [0.05, 0.1) is 0 Å². The normalized spacial score (nSPS) is 10.4. The Kier molecular flexibility index (Phi) is 4.28. The lowest BCUT2D eigenvalue weighted by atomic mass is 10.2. The Morgan fingerprint density at radius 3 is 2.89 bits per heavy atom. The van der Waals surface area contributed by atoms with E-state index in [0.717, 1.165) is 21.8 Å². The van der Waals surface area contributed by atoms with E-state index in [4.69, 9.17) is 5.73 Å². The van der Waals surface area contributed by atoms with Crippen LogP contribution in [0, 0.1) is 6.92 Å². The van der Waals surface area contributed by atoms with Gasteiger partial charge < -0.3 is 11.1 Å². The van der Waals surface area contributed by atoms with Gasteiger partial charge in [0.2, 0.25) is 0 Å². The summed E-state index contributed by atoms with van der Waals surface area (Å²) in [5, 5.41) is 3.26. The van der Waals surface area contributed by atoms with Crippen LogP contribution in [0.4, 0.5) is 11.5 Å². The van der Waals surface area contributed by atoms with Crippen LogP contribution < -0.4 is 11.1 Å². The Balaban J connectivity index is 2.17. The highest BCUT2D eigenvalue weighted by Gasteiger charge is 2.01. The SMILES string of the molecule is Cc1cc(Nc2ccnc(CCN)n2)ccc1Br. The van der Waals surface area contributed by atoms with E-state index in [-0.39, 0.29) is 0 Å². The van der Waals surface area contributed by atoms with Crippen molar-refractivity contribution in [2.45, 2.75) is 13.3 Å². The molecule has 0 aliphatic carbocycles. The number of halogens is 1. The molecule has 0 amide bonds. The van der Waals surface area contributed by atoms with Gasteiger partial charge in [-0.05, 0) is 43.3 Å². The molecular weight excluding hydrogens is 292 g/mol. The topological polar surface area (TPSA) is 63.8 Å². The van der Waals surface area contributed by atoms with Gasteiger partial charge in [0.15, 0.2) is 0 Å². The zero-order valence-corrected chi connectivity index (χ0v) is 11.7. The molecule has 0 atom stereocenters. The third kappa shape index (κ3) is 3.27. The average Bonchev–Trinajstić information content (AvgIpc) is 2.35. The molecule has 0 aliphatic heterocycles. The van der Waals surface area contributed by atoms with Crippen LogP contribution in [-0.4, -0.2) is 16.5 Å². The van der Waals surface area contributed by atoms with Crippen LogP contribution in [0.3, 0.4) is 0 Å². The molecule has 2 rings (SSSR count). The van der Waals surface area contributed by atoms with E-state index in [1.54, 1.807) is 6.20 Å². The molecule has 0 bridgehead atoms. The van der Waals surface area contributed by atoms with Crippen LogP contribution in [0.15, 0.2) is 34.9 Å². The first-order valence-electron chi connectivity index (χ1n) is 5.74. The van der Waals surface area contributed by atoms with E-state index in [2.05, 4.69) is 44.2 Å². The number of nitrogens with two attached hydrogens (primary N) is 1. The van der Waals surface area contributed by atoms with Gasteiger partial charge in [-0.2, -0.15) is 0 Å². The maximum absolute atomic E-state index is 5.49. The number of benzene rings is 1. The lowest BCUT2D eigenvalue weighted by Crippen LogP contribution is -2.07. The second-order valence-corrected chi connectivity index (χ2v) is 4.84. The number of hydrogen-bond donors (Lipinski definition) is 2. The highest BCUT2D eigenvalue weighted by Crippen LogP contribution is 2.22. The van der Waals surface area contributed by atoms with Gasteiger partial charge in [0.25, 0.3) is 0 Å². The first kappa shape index (κ1) is 13.0. The van der Waals surface area contributed by atoms with Crippen LogP contribution in [0.5, 0.6) is 0 Å². The molecule has 3 N–H and O–H groups in total. The van der Waals surface area contributed by atoms with E-state index in [1.165, 1.54) is 5.56 Å². The number of nitrogens with zero attached hydrogens (tertiary/aromatic N) is 2. The van der Waals surface area contributed by atoms with Crippen LogP contribution >= 0.6 is 15.9 Å². The van der Waals surface area contributed by atoms with Crippen molar-refractivity contribution in [1.29, 1.82) is 0 Å². The zero-order chi connectivity index (χ0) is 13.0. The predicted octanol–water partition coefficient (Wildman–Crippen LogP) is 2.79. The summed E-state index contributed by atoms with van der Waals surface area (Å²) < 4.78 is 1.10. The van der Waals surface area contributed by atoms with Gasteiger partial charge in [-0.15, -0.1) is 0 Å². The second-order valence-electron chi connectivity index (χ2n) is 3.99. The van der Waals surface area contributed by atoms with Crippen LogP contribution in [0.2, 0.25) is 0 Å². The summed E-state index contributed by atoms with van der Waals surface area (Å²) >= 11 is 3.48. The fourth-order valence-corrected chi connectivity index (χ4v) is 1.84. The first-order chi connectivity index (χ1) is 8.69. The third-order valence-electron chi connectivity index (χ3n) is 2.50. The van der Waals surface area contributed by atoms with Crippen molar-refractivity contribution in [2.24, 2.45) is 5.73 Å². The molecule has 5 heteroatoms. The van der Waals surface area contributed by atoms with Crippen molar-refractivity contribution in [2.75, 3.05) is 11.9 Å². The smallest absolute Gasteiger partial charge is 0.134 e. The fourth-order valence-electron chi connectivity index (χ4n) is 1.59. The number of anilines is 2. The Labute approximate surface area is 115 Å². The second kappa shape index (κ2) is 5.93. The van der Waals surface area contributed by atoms with Crippen molar-refractivity contribution in [3.63, 3.8) is 0 Å². The van der Waals surface area contributed by atoms with Crippen LogP contribution in [0.25, 0.3) is 0 Å². The standard InChI is InChI=1S/C13H15BrN4/c1-9-8-10(2-3-11(9)14)17-13-5-7-16-12(18-13)4-6-15/h2-3,5,7-8H,4,6,15H2,1H3,(H,16,17,18).